The van der Waals surface area contributed by atoms with E-state index in [9.17, 15) is 4.79 Å². The summed E-state index contributed by atoms with van der Waals surface area (Å²) < 4.78 is 5.60. The molecule has 0 aromatic carbocycles. The highest BCUT2D eigenvalue weighted by molar-refractivity contribution is 5.75. The van der Waals surface area contributed by atoms with Gasteiger partial charge in [-0.05, 0) is 56.4 Å². The smallest absolute Gasteiger partial charge is 0.323 e. The number of aromatic amines is 1. The molecule has 1 aromatic rings. The average molecular weight is 420 g/mol. The van der Waals surface area contributed by atoms with Crippen LogP contribution in [0, 0.1) is 17.8 Å². The first-order valence-corrected chi connectivity index (χ1v) is 12.4. The quantitative estimate of drug-likeness (QED) is 0.367. The zero-order chi connectivity index (χ0) is 21.0. The van der Waals surface area contributed by atoms with Crippen molar-refractivity contribution >= 4 is 5.97 Å². The van der Waals surface area contributed by atoms with Crippen LogP contribution in [0.2, 0.25) is 0 Å². The first kappa shape index (κ1) is 23.2. The molecule has 2 aliphatic rings. The first-order chi connectivity index (χ1) is 14.8. The van der Waals surface area contributed by atoms with Gasteiger partial charge in [-0.3, -0.25) is 4.79 Å². The van der Waals surface area contributed by atoms with Crippen LogP contribution < -0.4 is 5.32 Å². The van der Waals surface area contributed by atoms with Crippen LogP contribution in [-0.2, 0) is 16.0 Å². The maximum absolute atomic E-state index is 12.5. The van der Waals surface area contributed by atoms with E-state index in [-0.39, 0.29) is 12.0 Å². The molecule has 1 saturated carbocycles. The monoisotopic (exact) mass is 419 g/mol. The third-order valence-corrected chi connectivity index (χ3v) is 7.11. The number of ether oxygens (including phenoxy) is 1. The van der Waals surface area contributed by atoms with Gasteiger partial charge in [-0.15, -0.1) is 10.2 Å². The highest BCUT2D eigenvalue weighted by atomic mass is 16.5. The number of piperidine rings is 1. The Morgan fingerprint density at radius 3 is 2.60 bits per heavy atom. The number of hydrogen-bond acceptors (Lipinski definition) is 6. The Balaban J connectivity index is 1.28. The molecule has 2 N–H and O–H groups in total. The molecule has 4 unspecified atom stereocenters. The lowest BCUT2D eigenvalue weighted by Gasteiger charge is -2.42. The van der Waals surface area contributed by atoms with Crippen LogP contribution >= 0.6 is 0 Å². The standard InChI is InChI=1S/C23H41N5O2/c1-2-3-4-5-6-7-8-9-14-30-23(29)21-16-20-15-18(10-12-19(20)17-24-21)11-13-22-25-27-28-26-22/h18-21,24H,2-17H2,1H3,(H,25,26,27,28). The topological polar surface area (TPSA) is 92.8 Å². The highest BCUT2D eigenvalue weighted by Gasteiger charge is 2.38. The molecule has 30 heavy (non-hydrogen) atoms. The summed E-state index contributed by atoms with van der Waals surface area (Å²) in [6, 6.07) is -0.115. The van der Waals surface area contributed by atoms with Crippen molar-refractivity contribution in [3.63, 3.8) is 0 Å². The molecule has 0 amide bonds. The van der Waals surface area contributed by atoms with Crippen LogP contribution in [0.25, 0.3) is 0 Å². The molecule has 0 bridgehead atoms. The summed E-state index contributed by atoms with van der Waals surface area (Å²) in [6.45, 7) is 3.79. The van der Waals surface area contributed by atoms with Crippen molar-refractivity contribution in [2.45, 2.75) is 103 Å². The van der Waals surface area contributed by atoms with Gasteiger partial charge in [-0.1, -0.05) is 63.5 Å². The van der Waals surface area contributed by atoms with Gasteiger partial charge < -0.3 is 10.1 Å². The van der Waals surface area contributed by atoms with E-state index >= 15 is 0 Å². The number of H-pyrrole nitrogens is 1. The molecular formula is C23H41N5O2. The number of unbranched alkanes of at least 4 members (excludes halogenated alkanes) is 7. The van der Waals surface area contributed by atoms with Gasteiger partial charge >= 0.3 is 5.97 Å². The Morgan fingerprint density at radius 1 is 1.03 bits per heavy atom. The molecule has 1 aliphatic heterocycles. The van der Waals surface area contributed by atoms with Crippen molar-refractivity contribution in [1.29, 1.82) is 0 Å². The highest BCUT2D eigenvalue weighted by Crippen LogP contribution is 2.40. The predicted octanol–water partition coefficient (Wildman–Crippen LogP) is 4.21. The summed E-state index contributed by atoms with van der Waals surface area (Å²) in [4.78, 5) is 12.5. The van der Waals surface area contributed by atoms with Crippen molar-refractivity contribution in [2.75, 3.05) is 13.2 Å². The molecule has 1 aliphatic carbocycles. The van der Waals surface area contributed by atoms with Crippen LogP contribution in [0.3, 0.4) is 0 Å². The molecule has 170 valence electrons. The normalized spacial score (nSPS) is 26.3. The van der Waals surface area contributed by atoms with Gasteiger partial charge in [0.05, 0.1) is 6.61 Å². The van der Waals surface area contributed by atoms with Crippen LogP contribution in [0.4, 0.5) is 0 Å². The Bertz CT molecular complexity index is 594. The van der Waals surface area contributed by atoms with E-state index in [4.69, 9.17) is 4.74 Å². The van der Waals surface area contributed by atoms with Crippen molar-refractivity contribution in [2.24, 2.45) is 17.8 Å². The number of aryl methyl sites for hydroxylation is 1. The Kier molecular flexibility index (Phi) is 10.1. The minimum absolute atomic E-state index is 0.0367. The average Bonchev–Trinajstić information content (AvgIpc) is 3.29. The maximum atomic E-state index is 12.5. The zero-order valence-electron chi connectivity index (χ0n) is 18.8. The number of nitrogens with one attached hydrogen (secondary N) is 2. The number of hydrogen-bond donors (Lipinski definition) is 2. The predicted molar refractivity (Wildman–Crippen MR) is 117 cm³/mol. The summed E-state index contributed by atoms with van der Waals surface area (Å²) >= 11 is 0. The SMILES string of the molecule is CCCCCCCCCCOC(=O)C1CC2CC(CCc3nn[nH]n3)CCC2CN1. The van der Waals surface area contributed by atoms with E-state index in [2.05, 4.69) is 32.9 Å². The van der Waals surface area contributed by atoms with E-state index in [1.165, 1.54) is 64.2 Å². The van der Waals surface area contributed by atoms with E-state index in [0.29, 0.717) is 24.4 Å². The van der Waals surface area contributed by atoms with Gasteiger partial charge in [0, 0.05) is 6.42 Å². The molecule has 7 nitrogen and oxygen atoms in total. The fraction of sp³-hybridized carbons (Fsp3) is 0.913. The summed E-state index contributed by atoms with van der Waals surface area (Å²) in [5.74, 6) is 2.83. The number of carbonyl (C=O) groups is 1. The second-order valence-corrected chi connectivity index (χ2v) is 9.40. The second kappa shape index (κ2) is 13.0. The lowest BCUT2D eigenvalue weighted by molar-refractivity contribution is -0.148. The summed E-state index contributed by atoms with van der Waals surface area (Å²) in [6.07, 6.45) is 16.8. The van der Waals surface area contributed by atoms with E-state index in [0.717, 1.165) is 38.1 Å². The molecule has 7 heteroatoms. The fourth-order valence-corrected chi connectivity index (χ4v) is 5.23. The van der Waals surface area contributed by atoms with Gasteiger partial charge in [-0.25, -0.2) is 0 Å². The van der Waals surface area contributed by atoms with Crippen molar-refractivity contribution in [3.05, 3.63) is 5.82 Å². The second-order valence-electron chi connectivity index (χ2n) is 9.40. The first-order valence-electron chi connectivity index (χ1n) is 12.4. The molecule has 1 saturated heterocycles. The third-order valence-electron chi connectivity index (χ3n) is 7.11. The van der Waals surface area contributed by atoms with Gasteiger partial charge in [0.15, 0.2) is 5.82 Å². The fourth-order valence-electron chi connectivity index (χ4n) is 5.23. The number of rotatable bonds is 13. The third kappa shape index (κ3) is 7.64. The lowest BCUT2D eigenvalue weighted by Crippen LogP contribution is -2.50. The number of aromatic nitrogens is 4. The number of carbonyl (C=O) groups excluding carboxylic acids is 1. The van der Waals surface area contributed by atoms with Gasteiger partial charge in [0.25, 0.3) is 0 Å². The van der Waals surface area contributed by atoms with Gasteiger partial charge in [0.2, 0.25) is 0 Å². The molecule has 2 fully saturated rings. The molecule has 1 aromatic heterocycles. The van der Waals surface area contributed by atoms with E-state index in [1.54, 1.807) is 0 Å². The lowest BCUT2D eigenvalue weighted by atomic mass is 9.69. The molecule has 2 heterocycles. The van der Waals surface area contributed by atoms with Crippen molar-refractivity contribution in [1.82, 2.24) is 25.9 Å². The Hall–Kier alpha value is -1.50. The maximum Gasteiger partial charge on any atom is 0.323 e. The van der Waals surface area contributed by atoms with E-state index < -0.39 is 0 Å². The number of esters is 1. The molecule has 3 rings (SSSR count). The molecule has 0 spiro atoms. The number of fused-ring (bicyclic) bond motifs is 1. The summed E-state index contributed by atoms with van der Waals surface area (Å²) in [5, 5.41) is 17.8. The minimum atomic E-state index is -0.115. The zero-order valence-corrected chi connectivity index (χ0v) is 18.8. The number of nitrogens with zero attached hydrogens (tertiary/aromatic N) is 3. The van der Waals surface area contributed by atoms with Crippen LogP contribution in [0.5, 0.6) is 0 Å². The van der Waals surface area contributed by atoms with Gasteiger partial charge in [0.1, 0.15) is 6.04 Å². The number of tetrazole rings is 1. The van der Waals surface area contributed by atoms with Gasteiger partial charge in [-0.2, -0.15) is 5.21 Å². The Morgan fingerprint density at radius 2 is 1.83 bits per heavy atom. The van der Waals surface area contributed by atoms with Crippen LogP contribution in [-0.4, -0.2) is 45.8 Å². The van der Waals surface area contributed by atoms with Crippen molar-refractivity contribution in [3.8, 4) is 0 Å². The minimum Gasteiger partial charge on any atom is -0.465 e. The van der Waals surface area contributed by atoms with Crippen LogP contribution in [0.1, 0.15) is 96.2 Å². The molecular weight excluding hydrogens is 378 g/mol. The summed E-state index contributed by atoms with van der Waals surface area (Å²) in [7, 11) is 0. The molecule has 0 radical (unpaired) electrons. The van der Waals surface area contributed by atoms with E-state index in [1.807, 2.05) is 0 Å². The van der Waals surface area contributed by atoms with Crippen molar-refractivity contribution < 1.29 is 9.53 Å². The Labute approximate surface area is 181 Å². The summed E-state index contributed by atoms with van der Waals surface area (Å²) in [5.41, 5.74) is 0. The largest absolute Gasteiger partial charge is 0.465 e. The molecule has 4 atom stereocenters. The van der Waals surface area contributed by atoms with Crippen LogP contribution in [0.15, 0.2) is 0 Å².